The zero-order valence-corrected chi connectivity index (χ0v) is 10.6. The first kappa shape index (κ1) is 11.6. The van der Waals surface area contributed by atoms with Crippen LogP contribution in [0.15, 0.2) is 15.5 Å². The maximum absolute atomic E-state index is 11.3. The van der Waals surface area contributed by atoms with Crippen molar-refractivity contribution in [2.75, 3.05) is 19.0 Å². The number of ether oxygens (including phenoxy) is 1. The summed E-state index contributed by atoms with van der Waals surface area (Å²) in [5.41, 5.74) is 0.402. The van der Waals surface area contributed by atoms with E-state index in [0.29, 0.717) is 16.7 Å². The van der Waals surface area contributed by atoms with Crippen LogP contribution >= 0.6 is 15.9 Å². The molecule has 2 N–H and O–H groups in total. The van der Waals surface area contributed by atoms with E-state index in [4.69, 9.17) is 4.74 Å². The molecule has 1 aromatic heterocycles. The first-order chi connectivity index (χ1) is 7.67. The van der Waals surface area contributed by atoms with Gasteiger partial charge in [-0.1, -0.05) is 0 Å². The molecule has 88 valence electrons. The maximum atomic E-state index is 11.3. The second-order valence-corrected chi connectivity index (χ2v) is 4.81. The highest BCUT2D eigenvalue weighted by Gasteiger charge is 2.36. The molecule has 1 heterocycles. The summed E-state index contributed by atoms with van der Waals surface area (Å²) in [5.74, 6) is 0. The van der Waals surface area contributed by atoms with Gasteiger partial charge in [-0.25, -0.2) is 5.10 Å². The molecule has 1 aliphatic carbocycles. The van der Waals surface area contributed by atoms with Crippen LogP contribution in [0, 0.1) is 0 Å². The van der Waals surface area contributed by atoms with Crippen LogP contribution < -0.4 is 10.9 Å². The number of halogens is 1. The number of aromatic nitrogens is 2. The predicted molar refractivity (Wildman–Crippen MR) is 64.6 cm³/mol. The molecule has 0 unspecified atom stereocenters. The quantitative estimate of drug-likeness (QED) is 0.881. The molecular weight excluding hydrogens is 274 g/mol. The monoisotopic (exact) mass is 287 g/mol. The molecule has 2 rings (SSSR count). The van der Waals surface area contributed by atoms with E-state index in [2.05, 4.69) is 31.4 Å². The second-order valence-electron chi connectivity index (χ2n) is 4.02. The molecule has 6 heteroatoms. The Morgan fingerprint density at radius 3 is 3.00 bits per heavy atom. The predicted octanol–water partition coefficient (Wildman–Crippen LogP) is 1.51. The van der Waals surface area contributed by atoms with Crippen molar-refractivity contribution < 1.29 is 4.74 Å². The lowest BCUT2D eigenvalue weighted by Crippen LogP contribution is -2.45. The third-order valence-corrected chi connectivity index (χ3v) is 3.88. The Balaban J connectivity index is 2.04. The number of nitrogens with one attached hydrogen (secondary N) is 2. The van der Waals surface area contributed by atoms with Crippen LogP contribution in [-0.2, 0) is 4.74 Å². The molecule has 1 fully saturated rings. The fourth-order valence-corrected chi connectivity index (χ4v) is 2.12. The minimum absolute atomic E-state index is 0.0674. The van der Waals surface area contributed by atoms with Crippen LogP contribution in [0.2, 0.25) is 0 Å². The smallest absolute Gasteiger partial charge is 0.280 e. The van der Waals surface area contributed by atoms with Gasteiger partial charge in [0.15, 0.2) is 0 Å². The third kappa shape index (κ3) is 2.12. The molecule has 5 nitrogen and oxygen atoms in total. The van der Waals surface area contributed by atoms with Gasteiger partial charge in [0.25, 0.3) is 5.56 Å². The van der Waals surface area contributed by atoms with E-state index in [1.54, 1.807) is 13.3 Å². The van der Waals surface area contributed by atoms with Gasteiger partial charge < -0.3 is 10.1 Å². The van der Waals surface area contributed by atoms with Crippen LogP contribution in [0.5, 0.6) is 0 Å². The molecule has 0 amide bonds. The largest absolute Gasteiger partial charge is 0.380 e. The van der Waals surface area contributed by atoms with Crippen LogP contribution in [0.25, 0.3) is 0 Å². The van der Waals surface area contributed by atoms with Crippen molar-refractivity contribution in [3.8, 4) is 0 Å². The second kappa shape index (κ2) is 4.55. The Hall–Kier alpha value is -0.880. The summed E-state index contributed by atoms with van der Waals surface area (Å²) < 4.78 is 5.96. The summed E-state index contributed by atoms with van der Waals surface area (Å²) in [6.45, 7) is 0.702. The number of H-pyrrole nitrogens is 1. The topological polar surface area (TPSA) is 67.0 Å². The molecule has 0 radical (unpaired) electrons. The molecule has 0 spiro atoms. The molecule has 0 aromatic carbocycles. The normalized spacial score (nSPS) is 17.9. The first-order valence-electron chi connectivity index (χ1n) is 5.19. The fraction of sp³-hybridized carbons (Fsp3) is 0.600. The van der Waals surface area contributed by atoms with Gasteiger partial charge in [-0.2, -0.15) is 5.10 Å². The zero-order valence-electron chi connectivity index (χ0n) is 9.05. The van der Waals surface area contributed by atoms with Gasteiger partial charge in [-0.05, 0) is 35.2 Å². The lowest BCUT2D eigenvalue weighted by atomic mass is 9.80. The highest BCUT2D eigenvalue weighted by atomic mass is 79.9. The SMILES string of the molecule is COC1(CNc2cn[nH]c(=O)c2Br)CCC1. The van der Waals surface area contributed by atoms with Gasteiger partial charge in [0.05, 0.1) is 17.5 Å². The van der Waals surface area contributed by atoms with Crippen molar-refractivity contribution >= 4 is 21.6 Å². The molecule has 0 atom stereocenters. The van der Waals surface area contributed by atoms with Gasteiger partial charge >= 0.3 is 0 Å². The van der Waals surface area contributed by atoms with E-state index in [0.717, 1.165) is 12.8 Å². The summed E-state index contributed by atoms with van der Waals surface area (Å²) in [5, 5.41) is 9.29. The number of hydrogen-bond acceptors (Lipinski definition) is 4. The van der Waals surface area contributed by atoms with Crippen molar-refractivity contribution in [1.82, 2.24) is 10.2 Å². The van der Waals surface area contributed by atoms with E-state index in [1.807, 2.05) is 0 Å². The summed E-state index contributed by atoms with van der Waals surface area (Å²) in [7, 11) is 1.73. The van der Waals surface area contributed by atoms with Crippen molar-refractivity contribution in [2.45, 2.75) is 24.9 Å². The van der Waals surface area contributed by atoms with E-state index >= 15 is 0 Å². The van der Waals surface area contributed by atoms with Gasteiger partial charge in [0.1, 0.15) is 4.47 Å². The molecule has 0 aliphatic heterocycles. The third-order valence-electron chi connectivity index (χ3n) is 3.09. The van der Waals surface area contributed by atoms with Crippen molar-refractivity contribution in [3.05, 3.63) is 21.0 Å². The molecule has 1 aromatic rings. The minimum atomic E-state index is -0.231. The molecular formula is C10H14BrN3O2. The molecule has 0 bridgehead atoms. The van der Waals surface area contributed by atoms with Gasteiger partial charge in [-0.3, -0.25) is 4.79 Å². The first-order valence-corrected chi connectivity index (χ1v) is 5.98. The van der Waals surface area contributed by atoms with E-state index in [9.17, 15) is 4.79 Å². The highest BCUT2D eigenvalue weighted by Crippen LogP contribution is 2.35. The van der Waals surface area contributed by atoms with Crippen LogP contribution in [0.4, 0.5) is 5.69 Å². The number of aromatic amines is 1. The van der Waals surface area contributed by atoms with Crippen LogP contribution in [0.3, 0.4) is 0 Å². The average molecular weight is 288 g/mol. The Kier molecular flexibility index (Phi) is 3.30. The average Bonchev–Trinajstić information content (AvgIpc) is 2.23. The lowest BCUT2D eigenvalue weighted by Gasteiger charge is -2.40. The highest BCUT2D eigenvalue weighted by molar-refractivity contribution is 9.10. The number of rotatable bonds is 4. The Morgan fingerprint density at radius 2 is 2.44 bits per heavy atom. The lowest BCUT2D eigenvalue weighted by molar-refractivity contribution is -0.0601. The summed E-state index contributed by atoms with van der Waals surface area (Å²) in [4.78, 5) is 11.3. The van der Waals surface area contributed by atoms with E-state index in [1.165, 1.54) is 6.42 Å². The standard InChI is InChI=1S/C10H14BrN3O2/c1-16-10(3-2-4-10)6-12-7-5-13-14-9(15)8(7)11/h5H,2-4,6H2,1H3,(H2,12,14,15). The zero-order chi connectivity index (χ0) is 11.6. The van der Waals surface area contributed by atoms with Crippen LogP contribution in [0.1, 0.15) is 19.3 Å². The summed E-state index contributed by atoms with van der Waals surface area (Å²) in [6, 6.07) is 0. The summed E-state index contributed by atoms with van der Waals surface area (Å²) in [6.07, 6.45) is 4.91. The molecule has 1 saturated carbocycles. The Morgan fingerprint density at radius 1 is 1.69 bits per heavy atom. The number of methoxy groups -OCH3 is 1. The van der Waals surface area contributed by atoms with Crippen molar-refractivity contribution in [1.29, 1.82) is 0 Å². The van der Waals surface area contributed by atoms with Crippen molar-refractivity contribution in [2.24, 2.45) is 0 Å². The van der Waals surface area contributed by atoms with Gasteiger partial charge in [0.2, 0.25) is 0 Å². The van der Waals surface area contributed by atoms with Crippen molar-refractivity contribution in [3.63, 3.8) is 0 Å². The maximum Gasteiger partial charge on any atom is 0.280 e. The number of nitrogens with zero attached hydrogens (tertiary/aromatic N) is 1. The molecule has 1 aliphatic rings. The molecule has 0 saturated heterocycles. The Labute approximate surface area is 102 Å². The van der Waals surface area contributed by atoms with E-state index < -0.39 is 0 Å². The number of hydrogen-bond donors (Lipinski definition) is 2. The fourth-order valence-electron chi connectivity index (χ4n) is 1.79. The van der Waals surface area contributed by atoms with E-state index in [-0.39, 0.29) is 11.2 Å². The van der Waals surface area contributed by atoms with Gasteiger partial charge in [-0.15, -0.1) is 0 Å². The summed E-state index contributed by atoms with van der Waals surface area (Å²) >= 11 is 3.22. The minimum Gasteiger partial charge on any atom is -0.380 e. The van der Waals surface area contributed by atoms with Crippen LogP contribution in [-0.4, -0.2) is 29.5 Å². The molecule has 16 heavy (non-hydrogen) atoms. The number of anilines is 1. The Bertz CT molecular complexity index is 423. The van der Waals surface area contributed by atoms with Gasteiger partial charge in [0, 0.05) is 13.7 Å².